The van der Waals surface area contributed by atoms with Crippen LogP contribution in [0.3, 0.4) is 0 Å². The van der Waals surface area contributed by atoms with Crippen LogP contribution in [0, 0.1) is 12.8 Å². The topological polar surface area (TPSA) is 174 Å². The van der Waals surface area contributed by atoms with E-state index < -0.39 is 29.9 Å². The van der Waals surface area contributed by atoms with Crippen molar-refractivity contribution in [1.29, 1.82) is 0 Å². The highest BCUT2D eigenvalue weighted by Crippen LogP contribution is 2.32. The fourth-order valence-electron chi connectivity index (χ4n) is 6.26. The van der Waals surface area contributed by atoms with E-state index in [0.717, 1.165) is 26.9 Å². The summed E-state index contributed by atoms with van der Waals surface area (Å²) in [7, 11) is 0. The van der Waals surface area contributed by atoms with Crippen molar-refractivity contribution in [3.05, 3.63) is 45.4 Å². The van der Waals surface area contributed by atoms with Gasteiger partial charge in [0.2, 0.25) is 23.6 Å². The molecule has 13 heteroatoms. The van der Waals surface area contributed by atoms with Crippen molar-refractivity contribution in [3.63, 3.8) is 0 Å². The number of nitrogens with two attached hydrogens (primary N) is 1. The molecule has 1 aromatic carbocycles. The van der Waals surface area contributed by atoms with Gasteiger partial charge >= 0.3 is 0 Å². The van der Waals surface area contributed by atoms with Gasteiger partial charge in [0.25, 0.3) is 0 Å². The molecule has 3 heterocycles. The van der Waals surface area contributed by atoms with Gasteiger partial charge in [-0.25, -0.2) is 4.98 Å². The highest BCUT2D eigenvalue weighted by Gasteiger charge is 2.36. The zero-order valence-electron chi connectivity index (χ0n) is 28.6. The first kappa shape index (κ1) is 37.3. The maximum Gasteiger partial charge on any atom is 0.243 e. The lowest BCUT2D eigenvalue weighted by Gasteiger charge is -2.33. The van der Waals surface area contributed by atoms with E-state index in [1.807, 2.05) is 31.2 Å². The second kappa shape index (κ2) is 18.3. The van der Waals surface area contributed by atoms with E-state index in [4.69, 9.17) is 15.2 Å². The van der Waals surface area contributed by atoms with Gasteiger partial charge in [-0.2, -0.15) is 0 Å². The molecule has 6 N–H and O–H groups in total. The number of hydrogen-bond donors (Lipinski definition) is 5. The molecular formula is C35H52N6O6S. The lowest BCUT2D eigenvalue weighted by molar-refractivity contribution is -0.135. The molecule has 0 spiro atoms. The van der Waals surface area contributed by atoms with Crippen LogP contribution >= 0.6 is 11.3 Å². The number of para-hydroxylation sites is 1. The van der Waals surface area contributed by atoms with Crippen molar-refractivity contribution in [2.75, 3.05) is 26.4 Å². The highest BCUT2D eigenvalue weighted by molar-refractivity contribution is 7.11. The number of amides is 4. The van der Waals surface area contributed by atoms with Crippen molar-refractivity contribution in [2.45, 2.75) is 109 Å². The third-order valence-electron chi connectivity index (χ3n) is 8.93. The van der Waals surface area contributed by atoms with Gasteiger partial charge in [-0.3, -0.25) is 19.2 Å². The summed E-state index contributed by atoms with van der Waals surface area (Å²) in [6.07, 6.45) is 3.89. The molecule has 4 atom stereocenters. The number of benzene rings is 1. The number of nitrogens with zero attached hydrogens (tertiary/aromatic N) is 1. The number of thiazole rings is 1. The molecule has 1 saturated heterocycles. The van der Waals surface area contributed by atoms with Crippen LogP contribution in [0.2, 0.25) is 0 Å². The monoisotopic (exact) mass is 684 g/mol. The molecule has 1 aromatic heterocycles. The van der Waals surface area contributed by atoms with Crippen LogP contribution in [0.15, 0.2) is 24.3 Å². The Kier molecular flexibility index (Phi) is 14.2. The number of hydrogen-bond acceptors (Lipinski definition) is 9. The van der Waals surface area contributed by atoms with Gasteiger partial charge in [-0.05, 0) is 63.5 Å². The van der Waals surface area contributed by atoms with Gasteiger partial charge in [0.1, 0.15) is 23.9 Å². The van der Waals surface area contributed by atoms with Crippen molar-refractivity contribution in [2.24, 2.45) is 11.7 Å². The Bertz CT molecular complexity index is 1390. The minimum Gasteiger partial charge on any atom is -0.493 e. The number of unbranched alkanes of at least 4 members (excludes halogenated alkanes) is 1. The number of carbonyl (C=O) groups excluding carboxylic acids is 4. The van der Waals surface area contributed by atoms with Crippen molar-refractivity contribution in [3.8, 4) is 5.75 Å². The summed E-state index contributed by atoms with van der Waals surface area (Å²) >= 11 is 1.53. The molecule has 0 radical (unpaired) electrons. The zero-order chi connectivity index (χ0) is 34.6. The van der Waals surface area contributed by atoms with Crippen LogP contribution in [-0.4, -0.2) is 73.1 Å². The molecule has 4 amide bonds. The summed E-state index contributed by atoms with van der Waals surface area (Å²) in [6.45, 7) is 9.72. The van der Waals surface area contributed by atoms with E-state index in [2.05, 4.69) is 40.1 Å². The first-order valence-electron chi connectivity index (χ1n) is 17.3. The lowest BCUT2D eigenvalue weighted by Crippen LogP contribution is -2.59. The Balaban J connectivity index is 1.53. The quantitative estimate of drug-likeness (QED) is 0.168. The number of carbonyl (C=O) groups is 4. The maximum atomic E-state index is 14.1. The van der Waals surface area contributed by atoms with E-state index in [1.54, 1.807) is 6.92 Å². The molecule has 12 nitrogen and oxygen atoms in total. The molecule has 0 bridgehead atoms. The van der Waals surface area contributed by atoms with Crippen molar-refractivity contribution < 1.29 is 28.7 Å². The van der Waals surface area contributed by atoms with Gasteiger partial charge in [-0.15, -0.1) is 11.3 Å². The molecule has 2 aromatic rings. The Labute approximate surface area is 287 Å². The molecule has 0 aliphatic carbocycles. The van der Waals surface area contributed by atoms with Crippen LogP contribution in [-0.2, 0) is 30.3 Å². The summed E-state index contributed by atoms with van der Waals surface area (Å²) in [4.78, 5) is 60.1. The summed E-state index contributed by atoms with van der Waals surface area (Å²) in [5.74, 6) is -0.675. The summed E-state index contributed by atoms with van der Waals surface area (Å²) in [6, 6.07) is 4.67. The molecule has 0 saturated carbocycles. The first-order chi connectivity index (χ1) is 23.1. The minimum absolute atomic E-state index is 0.203. The van der Waals surface area contributed by atoms with Crippen LogP contribution in [0.1, 0.15) is 98.8 Å². The molecule has 0 unspecified atom stereocenters. The Hall–Kier alpha value is -3.55. The maximum absolute atomic E-state index is 14.1. The number of rotatable bonds is 16. The van der Waals surface area contributed by atoms with E-state index in [9.17, 15) is 19.2 Å². The number of aromatic nitrogens is 1. The highest BCUT2D eigenvalue weighted by atomic mass is 32.1. The molecule has 2 aliphatic rings. The average Bonchev–Trinajstić information content (AvgIpc) is 3.46. The first-order valence-corrected chi connectivity index (χ1v) is 18.1. The number of aryl methyl sites for hydroxylation is 1. The van der Waals surface area contributed by atoms with E-state index in [0.29, 0.717) is 64.9 Å². The van der Waals surface area contributed by atoms with E-state index >= 15 is 0 Å². The summed E-state index contributed by atoms with van der Waals surface area (Å²) in [5.41, 5.74) is 7.56. The number of fused-ring (bicyclic) bond motifs is 1. The van der Waals surface area contributed by atoms with Crippen molar-refractivity contribution in [1.82, 2.24) is 26.3 Å². The second-order valence-electron chi connectivity index (χ2n) is 12.9. The van der Waals surface area contributed by atoms with Crippen LogP contribution in [0.25, 0.3) is 0 Å². The molecular weight excluding hydrogens is 632 g/mol. The Morgan fingerprint density at radius 2 is 1.71 bits per heavy atom. The summed E-state index contributed by atoms with van der Waals surface area (Å²) in [5, 5.41) is 12.7. The number of nitrogens with one attached hydrogen (secondary N) is 4. The normalized spacial score (nSPS) is 18.2. The SMILES string of the molecule is CCC(=O)N[C@@H](Cc1nc(C)c(C(C)C)s1)C(=O)N[C@H](C(=O)N[C@@H](CCCCN)C(=O)N[C@@H]1CCOc2ccccc21)C1CCOCC1. The van der Waals surface area contributed by atoms with Gasteiger partial charge < -0.3 is 36.5 Å². The summed E-state index contributed by atoms with van der Waals surface area (Å²) < 4.78 is 11.3. The molecule has 264 valence electrons. The van der Waals surface area contributed by atoms with E-state index in [-0.39, 0.29) is 42.5 Å². The predicted molar refractivity (Wildman–Crippen MR) is 185 cm³/mol. The van der Waals surface area contributed by atoms with Gasteiger partial charge in [0.15, 0.2) is 0 Å². The third kappa shape index (κ3) is 10.2. The van der Waals surface area contributed by atoms with Gasteiger partial charge in [-0.1, -0.05) is 39.0 Å². The molecule has 2 aliphatic heterocycles. The van der Waals surface area contributed by atoms with Crippen LogP contribution in [0.4, 0.5) is 0 Å². The zero-order valence-corrected chi connectivity index (χ0v) is 29.5. The van der Waals surface area contributed by atoms with Crippen molar-refractivity contribution >= 4 is 35.0 Å². The number of ether oxygens (including phenoxy) is 2. The predicted octanol–water partition coefficient (Wildman–Crippen LogP) is 3.18. The fourth-order valence-corrected chi connectivity index (χ4v) is 7.37. The third-order valence-corrected chi connectivity index (χ3v) is 10.4. The Morgan fingerprint density at radius 1 is 0.958 bits per heavy atom. The second-order valence-corrected chi connectivity index (χ2v) is 14.0. The van der Waals surface area contributed by atoms with Gasteiger partial charge in [0, 0.05) is 42.9 Å². The lowest BCUT2D eigenvalue weighted by atomic mass is 9.90. The van der Waals surface area contributed by atoms with Crippen LogP contribution in [0.5, 0.6) is 5.75 Å². The van der Waals surface area contributed by atoms with Crippen LogP contribution < -0.4 is 31.7 Å². The largest absolute Gasteiger partial charge is 0.493 e. The molecule has 4 rings (SSSR count). The van der Waals surface area contributed by atoms with Gasteiger partial charge in [0.05, 0.1) is 23.4 Å². The Morgan fingerprint density at radius 3 is 2.40 bits per heavy atom. The minimum atomic E-state index is -0.930. The molecule has 1 fully saturated rings. The standard InChI is InChI=1S/C35H52N6O6S/c1-5-29(42)38-27(20-30-37-22(4)32(48-30)21(2)3)34(44)41-31(23-13-17-46-18-14-23)35(45)40-26(11-8-9-16-36)33(43)39-25-15-19-47-28-12-7-6-10-24(25)28/h6-7,10,12,21,23,25-27,31H,5,8-9,11,13-20,36H2,1-4H3,(H,38,42)(H,39,43)(H,40,45)(H,41,44)/t25-,26+,27+,31+/m1/s1. The average molecular weight is 685 g/mol. The fraction of sp³-hybridized carbons (Fsp3) is 0.629. The molecule has 48 heavy (non-hydrogen) atoms. The smallest absolute Gasteiger partial charge is 0.243 e. The van der Waals surface area contributed by atoms with E-state index in [1.165, 1.54) is 11.3 Å².